The molecule has 0 spiro atoms. The molecule has 4 atom stereocenters. The molecule has 1 aromatic rings. The summed E-state index contributed by atoms with van der Waals surface area (Å²) in [6.07, 6.45) is -0.658. The second kappa shape index (κ2) is 8.23. The third kappa shape index (κ3) is 4.56. The standard InChI is InChI=1S/C19H28F3N5O/c1-11(2)8-15(17(28)23-3)25-14-5-4-12-9-27(10-13(12)14)16-6-7-24-18(26-16)19(20,21)22/h6-7,11-15,25H,4-5,8-10H2,1-3H3,(H,23,28)/t12-,13+,14+,15+/m1/s1. The van der Waals surface area contributed by atoms with Crippen molar-refractivity contribution in [3.63, 3.8) is 0 Å². The number of halogens is 3. The Morgan fingerprint density at radius 2 is 2.07 bits per heavy atom. The number of likely N-dealkylation sites (N-methyl/N-ethyl adjacent to an activating group) is 1. The van der Waals surface area contributed by atoms with Crippen molar-refractivity contribution >= 4 is 11.7 Å². The molecule has 0 unspecified atom stereocenters. The highest BCUT2D eigenvalue weighted by molar-refractivity contribution is 5.81. The quantitative estimate of drug-likeness (QED) is 0.769. The lowest BCUT2D eigenvalue weighted by molar-refractivity contribution is -0.144. The smallest absolute Gasteiger partial charge is 0.358 e. The van der Waals surface area contributed by atoms with Gasteiger partial charge in [-0.3, -0.25) is 4.79 Å². The van der Waals surface area contributed by atoms with Crippen LogP contribution in [-0.4, -0.2) is 48.1 Å². The summed E-state index contributed by atoms with van der Waals surface area (Å²) in [7, 11) is 1.64. The summed E-state index contributed by atoms with van der Waals surface area (Å²) in [4.78, 5) is 21.2. The maximum atomic E-state index is 12.9. The summed E-state index contributed by atoms with van der Waals surface area (Å²) in [5.41, 5.74) is 0. The van der Waals surface area contributed by atoms with Gasteiger partial charge in [0.2, 0.25) is 11.7 Å². The van der Waals surface area contributed by atoms with E-state index in [0.29, 0.717) is 36.7 Å². The highest BCUT2D eigenvalue weighted by Gasteiger charge is 2.44. The van der Waals surface area contributed by atoms with E-state index in [-0.39, 0.29) is 18.0 Å². The van der Waals surface area contributed by atoms with E-state index in [1.165, 1.54) is 12.3 Å². The predicted octanol–water partition coefficient (Wildman–Crippen LogP) is 2.46. The van der Waals surface area contributed by atoms with Gasteiger partial charge in [-0.25, -0.2) is 9.97 Å². The Morgan fingerprint density at radius 3 is 2.71 bits per heavy atom. The van der Waals surface area contributed by atoms with E-state index in [9.17, 15) is 18.0 Å². The molecule has 2 N–H and O–H groups in total. The van der Waals surface area contributed by atoms with E-state index >= 15 is 0 Å². The Labute approximate surface area is 163 Å². The molecule has 2 heterocycles. The topological polar surface area (TPSA) is 70.2 Å². The molecule has 1 aliphatic heterocycles. The van der Waals surface area contributed by atoms with Crippen LogP contribution in [0.2, 0.25) is 0 Å². The van der Waals surface area contributed by atoms with Crippen LogP contribution < -0.4 is 15.5 Å². The van der Waals surface area contributed by atoms with Gasteiger partial charge in [-0.15, -0.1) is 0 Å². The number of nitrogens with zero attached hydrogens (tertiary/aromatic N) is 3. The molecule has 0 bridgehead atoms. The third-order valence-electron chi connectivity index (χ3n) is 5.76. The summed E-state index contributed by atoms with van der Waals surface area (Å²) in [5.74, 6) is 0.273. The number of hydrogen-bond donors (Lipinski definition) is 2. The van der Waals surface area contributed by atoms with Crippen molar-refractivity contribution in [2.45, 2.75) is 51.4 Å². The first-order valence-electron chi connectivity index (χ1n) is 9.82. The second-order valence-corrected chi connectivity index (χ2v) is 8.21. The van der Waals surface area contributed by atoms with Gasteiger partial charge in [-0.2, -0.15) is 13.2 Å². The van der Waals surface area contributed by atoms with Crippen molar-refractivity contribution in [2.75, 3.05) is 25.0 Å². The molecule has 3 rings (SSSR count). The Bertz CT molecular complexity index is 696. The molecule has 28 heavy (non-hydrogen) atoms. The predicted molar refractivity (Wildman–Crippen MR) is 99.7 cm³/mol. The number of alkyl halides is 3. The zero-order valence-corrected chi connectivity index (χ0v) is 16.5. The monoisotopic (exact) mass is 399 g/mol. The maximum Gasteiger partial charge on any atom is 0.451 e. The lowest BCUT2D eigenvalue weighted by Crippen LogP contribution is -2.50. The van der Waals surface area contributed by atoms with Crippen LogP contribution in [0.25, 0.3) is 0 Å². The molecule has 1 saturated heterocycles. The lowest BCUT2D eigenvalue weighted by Gasteiger charge is -2.27. The fraction of sp³-hybridized carbons (Fsp3) is 0.737. The van der Waals surface area contributed by atoms with Gasteiger partial charge >= 0.3 is 6.18 Å². The number of hydrogen-bond acceptors (Lipinski definition) is 5. The van der Waals surface area contributed by atoms with E-state index in [4.69, 9.17) is 0 Å². The van der Waals surface area contributed by atoms with Gasteiger partial charge in [0, 0.05) is 32.4 Å². The van der Waals surface area contributed by atoms with Crippen LogP contribution in [-0.2, 0) is 11.0 Å². The largest absolute Gasteiger partial charge is 0.451 e. The molecule has 0 aromatic carbocycles. The summed E-state index contributed by atoms with van der Waals surface area (Å²) in [6.45, 7) is 5.49. The van der Waals surface area contributed by atoms with Crippen molar-refractivity contribution in [1.82, 2.24) is 20.6 Å². The van der Waals surface area contributed by atoms with Gasteiger partial charge in [-0.05, 0) is 43.1 Å². The number of carbonyl (C=O) groups is 1. The average Bonchev–Trinajstić information content (AvgIpc) is 3.21. The molecular weight excluding hydrogens is 371 g/mol. The van der Waals surface area contributed by atoms with Crippen LogP contribution >= 0.6 is 0 Å². The van der Waals surface area contributed by atoms with Crippen molar-refractivity contribution in [1.29, 1.82) is 0 Å². The number of carbonyl (C=O) groups excluding carboxylic acids is 1. The minimum absolute atomic E-state index is 0.0161. The van der Waals surface area contributed by atoms with E-state index in [0.717, 1.165) is 19.3 Å². The number of aromatic nitrogens is 2. The summed E-state index contributed by atoms with van der Waals surface area (Å²) in [6, 6.07) is 1.46. The van der Waals surface area contributed by atoms with Crippen molar-refractivity contribution in [2.24, 2.45) is 17.8 Å². The van der Waals surface area contributed by atoms with Gasteiger partial charge < -0.3 is 15.5 Å². The minimum Gasteiger partial charge on any atom is -0.358 e. The Morgan fingerprint density at radius 1 is 1.32 bits per heavy atom. The van der Waals surface area contributed by atoms with Crippen LogP contribution in [0.4, 0.5) is 19.0 Å². The maximum absolute atomic E-state index is 12.9. The molecule has 0 radical (unpaired) electrons. The fourth-order valence-corrected chi connectivity index (χ4v) is 4.48. The van der Waals surface area contributed by atoms with Crippen LogP contribution in [0.3, 0.4) is 0 Å². The summed E-state index contributed by atoms with van der Waals surface area (Å²) < 4.78 is 38.7. The van der Waals surface area contributed by atoms with Gasteiger partial charge in [0.05, 0.1) is 6.04 Å². The third-order valence-corrected chi connectivity index (χ3v) is 5.76. The van der Waals surface area contributed by atoms with Gasteiger partial charge in [-0.1, -0.05) is 13.8 Å². The zero-order chi connectivity index (χ0) is 20.5. The van der Waals surface area contributed by atoms with Gasteiger partial charge in [0.25, 0.3) is 0 Å². The number of fused-ring (bicyclic) bond motifs is 1. The molecule has 9 heteroatoms. The average molecular weight is 399 g/mol. The minimum atomic E-state index is -4.55. The first kappa shape index (κ1) is 20.8. The fourth-order valence-electron chi connectivity index (χ4n) is 4.48. The van der Waals surface area contributed by atoms with Crippen LogP contribution in [0.1, 0.15) is 38.9 Å². The van der Waals surface area contributed by atoms with Gasteiger partial charge in [0.1, 0.15) is 5.82 Å². The molecule has 6 nitrogen and oxygen atoms in total. The molecule has 2 aliphatic rings. The van der Waals surface area contributed by atoms with E-state index < -0.39 is 12.0 Å². The van der Waals surface area contributed by atoms with Crippen LogP contribution in [0, 0.1) is 17.8 Å². The van der Waals surface area contributed by atoms with E-state index in [1.54, 1.807) is 7.05 Å². The number of anilines is 1. The first-order chi connectivity index (χ1) is 13.2. The SMILES string of the molecule is CNC(=O)[C@H](CC(C)C)N[C@H]1CC[C@@H]2CN(c3ccnc(C(F)(F)F)n3)C[C@@H]21. The molecule has 1 aliphatic carbocycles. The lowest BCUT2D eigenvalue weighted by atomic mass is 9.95. The van der Waals surface area contributed by atoms with E-state index in [2.05, 4.69) is 34.4 Å². The summed E-state index contributed by atoms with van der Waals surface area (Å²) >= 11 is 0. The number of nitrogens with one attached hydrogen (secondary N) is 2. The molecule has 2 fully saturated rings. The van der Waals surface area contributed by atoms with Gasteiger partial charge in [0.15, 0.2) is 0 Å². The molecule has 156 valence electrons. The van der Waals surface area contributed by atoms with Crippen molar-refractivity contribution < 1.29 is 18.0 Å². The molecule has 1 aromatic heterocycles. The van der Waals surface area contributed by atoms with Crippen molar-refractivity contribution in [3.05, 3.63) is 18.1 Å². The molecule has 1 saturated carbocycles. The zero-order valence-electron chi connectivity index (χ0n) is 16.5. The first-order valence-corrected chi connectivity index (χ1v) is 9.82. The van der Waals surface area contributed by atoms with E-state index in [1.807, 2.05) is 4.90 Å². The van der Waals surface area contributed by atoms with Crippen LogP contribution in [0.15, 0.2) is 12.3 Å². The number of rotatable bonds is 6. The second-order valence-electron chi connectivity index (χ2n) is 8.21. The molecule has 1 amide bonds. The Kier molecular flexibility index (Phi) is 6.12. The normalized spacial score (nSPS) is 25.8. The Balaban J connectivity index is 1.69. The highest BCUT2D eigenvalue weighted by Crippen LogP contribution is 2.40. The Hall–Kier alpha value is -1.90. The van der Waals surface area contributed by atoms with Crippen LogP contribution in [0.5, 0.6) is 0 Å². The summed E-state index contributed by atoms with van der Waals surface area (Å²) in [5, 5.41) is 6.25. The molecular formula is C19H28F3N5O. The number of amides is 1. The highest BCUT2D eigenvalue weighted by atomic mass is 19.4. The van der Waals surface area contributed by atoms with Crippen molar-refractivity contribution in [3.8, 4) is 0 Å².